The Hall–Kier alpha value is -2.61. The number of carbonyl (C=O) groups excluding carboxylic acids is 3. The number of nitrogens with zero attached hydrogens (tertiary/aromatic N) is 3. The minimum absolute atomic E-state index is 0.181. The standard InChI is InChI=1S/C24H36N4O4/c1-4-24(3)16-22(30)28(23(31)17-24)18-21(29)25-10-11-26-12-14-27(15-13-26)19-8-6-7-9-20(19)32-5-2/h6-9H,4-5,10-18H2,1-3H3,(H,25,29). The maximum absolute atomic E-state index is 12.4. The van der Waals surface area contributed by atoms with Crippen LogP contribution in [-0.2, 0) is 14.4 Å². The molecule has 1 aromatic rings. The van der Waals surface area contributed by atoms with Crippen molar-refractivity contribution in [3.8, 4) is 5.75 Å². The first-order valence-electron chi connectivity index (χ1n) is 11.6. The molecule has 8 nitrogen and oxygen atoms in total. The van der Waals surface area contributed by atoms with Gasteiger partial charge in [0.2, 0.25) is 17.7 Å². The maximum Gasteiger partial charge on any atom is 0.240 e. The van der Waals surface area contributed by atoms with Crippen molar-refractivity contribution in [1.82, 2.24) is 15.1 Å². The van der Waals surface area contributed by atoms with E-state index < -0.39 is 0 Å². The number of hydrogen-bond donors (Lipinski definition) is 1. The first kappa shape index (κ1) is 24.0. The van der Waals surface area contributed by atoms with Crippen LogP contribution in [0.25, 0.3) is 0 Å². The zero-order valence-corrected chi connectivity index (χ0v) is 19.6. The number of likely N-dealkylation sites (tertiary alicyclic amines) is 1. The molecule has 2 fully saturated rings. The van der Waals surface area contributed by atoms with Crippen molar-refractivity contribution < 1.29 is 19.1 Å². The fraction of sp³-hybridized carbons (Fsp3) is 0.625. The third-order valence-electron chi connectivity index (χ3n) is 6.54. The van der Waals surface area contributed by atoms with Crippen LogP contribution in [0.5, 0.6) is 5.75 Å². The van der Waals surface area contributed by atoms with Crippen molar-refractivity contribution in [3.05, 3.63) is 24.3 Å². The van der Waals surface area contributed by atoms with E-state index in [4.69, 9.17) is 4.74 Å². The minimum Gasteiger partial charge on any atom is -0.492 e. The molecule has 1 aromatic carbocycles. The molecular formula is C24H36N4O4. The van der Waals surface area contributed by atoms with Gasteiger partial charge in [-0.05, 0) is 30.9 Å². The minimum atomic E-state index is -0.285. The molecule has 0 spiro atoms. The van der Waals surface area contributed by atoms with Gasteiger partial charge in [-0.25, -0.2) is 0 Å². The number of ether oxygens (including phenoxy) is 1. The lowest BCUT2D eigenvalue weighted by molar-refractivity contribution is -0.155. The third kappa shape index (κ3) is 6.00. The highest BCUT2D eigenvalue weighted by Crippen LogP contribution is 2.35. The van der Waals surface area contributed by atoms with Gasteiger partial charge in [-0.1, -0.05) is 26.0 Å². The van der Waals surface area contributed by atoms with Gasteiger partial charge in [-0.2, -0.15) is 0 Å². The molecule has 32 heavy (non-hydrogen) atoms. The Balaban J connectivity index is 1.39. The van der Waals surface area contributed by atoms with Crippen molar-refractivity contribution in [1.29, 1.82) is 0 Å². The third-order valence-corrected chi connectivity index (χ3v) is 6.54. The van der Waals surface area contributed by atoms with E-state index in [9.17, 15) is 14.4 Å². The maximum atomic E-state index is 12.4. The number of amides is 3. The molecule has 3 amide bonds. The largest absolute Gasteiger partial charge is 0.492 e. The van der Waals surface area contributed by atoms with Crippen LogP contribution in [0, 0.1) is 5.41 Å². The molecular weight excluding hydrogens is 408 g/mol. The summed E-state index contributed by atoms with van der Waals surface area (Å²) >= 11 is 0. The van der Waals surface area contributed by atoms with Crippen LogP contribution >= 0.6 is 0 Å². The first-order valence-corrected chi connectivity index (χ1v) is 11.6. The van der Waals surface area contributed by atoms with E-state index in [0.29, 0.717) is 26.0 Å². The van der Waals surface area contributed by atoms with Gasteiger partial charge in [0.25, 0.3) is 0 Å². The van der Waals surface area contributed by atoms with Crippen molar-refractivity contribution in [2.24, 2.45) is 5.41 Å². The molecule has 0 unspecified atom stereocenters. The van der Waals surface area contributed by atoms with Gasteiger partial charge in [0.15, 0.2) is 0 Å². The summed E-state index contributed by atoms with van der Waals surface area (Å²) in [4.78, 5) is 42.8. The van der Waals surface area contributed by atoms with Crippen LogP contribution in [-0.4, -0.2) is 79.9 Å². The lowest BCUT2D eigenvalue weighted by Crippen LogP contribution is -2.52. The molecule has 0 atom stereocenters. The van der Waals surface area contributed by atoms with E-state index in [1.807, 2.05) is 39.0 Å². The van der Waals surface area contributed by atoms with E-state index in [1.165, 1.54) is 0 Å². The quantitative estimate of drug-likeness (QED) is 0.586. The number of imide groups is 1. The first-order chi connectivity index (χ1) is 15.3. The highest BCUT2D eigenvalue weighted by Gasteiger charge is 2.39. The Bertz CT molecular complexity index is 802. The molecule has 0 radical (unpaired) electrons. The average molecular weight is 445 g/mol. The molecule has 2 aliphatic heterocycles. The number of para-hydroxylation sites is 2. The summed E-state index contributed by atoms with van der Waals surface area (Å²) in [5.74, 6) is 0.140. The van der Waals surface area contributed by atoms with Crippen LogP contribution in [0.15, 0.2) is 24.3 Å². The molecule has 8 heteroatoms. The summed E-state index contributed by atoms with van der Waals surface area (Å²) in [6, 6.07) is 8.11. The number of piperidine rings is 1. The molecule has 2 saturated heterocycles. The molecule has 176 valence electrons. The normalized spacial score (nSPS) is 19.2. The van der Waals surface area contributed by atoms with Crippen molar-refractivity contribution >= 4 is 23.4 Å². The fourth-order valence-electron chi connectivity index (χ4n) is 4.31. The highest BCUT2D eigenvalue weighted by atomic mass is 16.5. The summed E-state index contributed by atoms with van der Waals surface area (Å²) in [6.45, 7) is 11.2. The Kier molecular flexibility index (Phi) is 8.12. The van der Waals surface area contributed by atoms with Gasteiger partial charge in [-0.15, -0.1) is 0 Å². The van der Waals surface area contributed by atoms with Crippen molar-refractivity contribution in [3.63, 3.8) is 0 Å². The second kappa shape index (κ2) is 10.8. The monoisotopic (exact) mass is 444 g/mol. The number of nitrogens with one attached hydrogen (secondary N) is 1. The number of piperazine rings is 1. The molecule has 0 aliphatic carbocycles. The van der Waals surface area contributed by atoms with Gasteiger partial charge in [0.1, 0.15) is 12.3 Å². The second-order valence-electron chi connectivity index (χ2n) is 8.97. The molecule has 3 rings (SSSR count). The summed E-state index contributed by atoms with van der Waals surface area (Å²) in [5.41, 5.74) is 0.837. The van der Waals surface area contributed by atoms with Gasteiger partial charge in [-0.3, -0.25) is 24.2 Å². The summed E-state index contributed by atoms with van der Waals surface area (Å²) in [7, 11) is 0. The lowest BCUT2D eigenvalue weighted by atomic mass is 9.77. The summed E-state index contributed by atoms with van der Waals surface area (Å²) < 4.78 is 5.75. The Morgan fingerprint density at radius 1 is 1.06 bits per heavy atom. The van der Waals surface area contributed by atoms with Gasteiger partial charge in [0.05, 0.1) is 12.3 Å². The predicted octanol–water partition coefficient (Wildman–Crippen LogP) is 1.89. The van der Waals surface area contributed by atoms with E-state index in [1.54, 1.807) is 0 Å². The Morgan fingerprint density at radius 3 is 2.34 bits per heavy atom. The number of rotatable bonds is 9. The van der Waals surface area contributed by atoms with Crippen LogP contribution in [0.4, 0.5) is 5.69 Å². The average Bonchev–Trinajstić information content (AvgIpc) is 2.77. The summed E-state index contributed by atoms with van der Waals surface area (Å²) in [5, 5.41) is 2.86. The summed E-state index contributed by atoms with van der Waals surface area (Å²) in [6.07, 6.45) is 1.41. The highest BCUT2D eigenvalue weighted by molar-refractivity contribution is 6.01. The van der Waals surface area contributed by atoms with E-state index in [-0.39, 0.29) is 29.7 Å². The zero-order chi connectivity index (χ0) is 23.1. The second-order valence-corrected chi connectivity index (χ2v) is 8.97. The topological polar surface area (TPSA) is 82.2 Å². The van der Waals surface area contributed by atoms with Gasteiger partial charge >= 0.3 is 0 Å². The van der Waals surface area contributed by atoms with E-state index in [2.05, 4.69) is 21.2 Å². The molecule has 0 saturated carbocycles. The predicted molar refractivity (Wildman–Crippen MR) is 124 cm³/mol. The molecule has 0 bridgehead atoms. The molecule has 1 N–H and O–H groups in total. The van der Waals surface area contributed by atoms with Crippen LogP contribution < -0.4 is 15.0 Å². The molecule has 2 aliphatic rings. The van der Waals surface area contributed by atoms with Crippen molar-refractivity contribution in [2.45, 2.75) is 40.0 Å². The SMILES string of the molecule is CCOc1ccccc1N1CCN(CCNC(=O)CN2C(=O)CC(C)(CC)CC2=O)CC1. The van der Waals surface area contributed by atoms with Crippen LogP contribution in [0.2, 0.25) is 0 Å². The lowest BCUT2D eigenvalue weighted by Gasteiger charge is -2.37. The fourth-order valence-corrected chi connectivity index (χ4v) is 4.31. The number of hydrogen-bond acceptors (Lipinski definition) is 6. The molecule has 2 heterocycles. The van der Waals surface area contributed by atoms with Crippen LogP contribution in [0.1, 0.15) is 40.0 Å². The van der Waals surface area contributed by atoms with E-state index >= 15 is 0 Å². The van der Waals surface area contributed by atoms with Crippen LogP contribution in [0.3, 0.4) is 0 Å². The molecule has 0 aromatic heterocycles. The number of anilines is 1. The van der Waals surface area contributed by atoms with Gasteiger partial charge in [0, 0.05) is 52.1 Å². The zero-order valence-electron chi connectivity index (χ0n) is 19.6. The van der Waals surface area contributed by atoms with Gasteiger partial charge < -0.3 is 15.0 Å². The smallest absolute Gasteiger partial charge is 0.240 e. The van der Waals surface area contributed by atoms with E-state index in [0.717, 1.165) is 55.5 Å². The number of carbonyl (C=O) groups is 3. The Labute approximate surface area is 190 Å². The number of benzene rings is 1. The van der Waals surface area contributed by atoms with Crippen molar-refractivity contribution in [2.75, 3.05) is 57.3 Å². The Morgan fingerprint density at radius 2 is 1.72 bits per heavy atom.